The molecule has 0 saturated carbocycles. The van der Waals surface area contributed by atoms with Crippen LogP contribution < -0.4 is 5.32 Å². The predicted octanol–water partition coefficient (Wildman–Crippen LogP) is 16.6. The van der Waals surface area contributed by atoms with Gasteiger partial charge in [0.25, 0.3) is 0 Å². The number of carbonyl (C=O) groups excluding carboxylic acids is 2. The molecule has 0 aromatic heterocycles. The van der Waals surface area contributed by atoms with Crippen LogP contribution in [0.2, 0.25) is 0 Å². The lowest BCUT2D eigenvalue weighted by Crippen LogP contribution is -2.45. The highest BCUT2D eigenvalue weighted by Gasteiger charge is 2.18. The maximum atomic E-state index is 12.4. The van der Waals surface area contributed by atoms with Crippen molar-refractivity contribution in [3.05, 3.63) is 48.6 Å². The summed E-state index contributed by atoms with van der Waals surface area (Å²) in [6.07, 6.45) is 65.4. The van der Waals surface area contributed by atoms with Crippen LogP contribution in [0.25, 0.3) is 0 Å². The number of unbranched alkanes of at least 4 members (excludes halogenated alkanes) is 33. The number of hydrogen-bond donors (Lipinski definition) is 3. The van der Waals surface area contributed by atoms with Crippen molar-refractivity contribution in [2.45, 2.75) is 289 Å². The summed E-state index contributed by atoms with van der Waals surface area (Å²) in [6.45, 7) is 4.84. The van der Waals surface area contributed by atoms with Gasteiger partial charge in [0.05, 0.1) is 25.4 Å². The Labute approximate surface area is 391 Å². The Kier molecular flexibility index (Phi) is 50.6. The Morgan fingerprint density at radius 3 is 1.25 bits per heavy atom. The molecule has 6 nitrogen and oxygen atoms in total. The SMILES string of the molecule is CCCCC/C=C\C/C=C\CCCCCCCCCC(=O)OCCCCCCCCC/C=C\CCCCCCCC(=O)NC(CO)C(O)/C=C/CCCCCCCCCCCCC. The highest BCUT2D eigenvalue weighted by Crippen LogP contribution is 2.15. The molecule has 0 aliphatic heterocycles. The molecule has 0 spiro atoms. The summed E-state index contributed by atoms with van der Waals surface area (Å²) in [5.74, 6) is -0.0991. The first-order valence-electron chi connectivity index (χ1n) is 27.4. The van der Waals surface area contributed by atoms with Gasteiger partial charge in [0.2, 0.25) is 5.91 Å². The fourth-order valence-corrected chi connectivity index (χ4v) is 8.07. The second-order valence-electron chi connectivity index (χ2n) is 18.5. The van der Waals surface area contributed by atoms with E-state index in [4.69, 9.17) is 4.74 Å². The van der Waals surface area contributed by atoms with Crippen molar-refractivity contribution in [2.75, 3.05) is 13.2 Å². The van der Waals surface area contributed by atoms with Crippen LogP contribution in [0.5, 0.6) is 0 Å². The molecule has 3 N–H and O–H groups in total. The number of ether oxygens (including phenoxy) is 1. The monoisotopic (exact) mass is 884 g/mol. The lowest BCUT2D eigenvalue weighted by atomic mass is 10.0. The predicted molar refractivity (Wildman–Crippen MR) is 273 cm³/mol. The fourth-order valence-electron chi connectivity index (χ4n) is 8.07. The highest BCUT2D eigenvalue weighted by atomic mass is 16.5. The van der Waals surface area contributed by atoms with Gasteiger partial charge < -0.3 is 20.3 Å². The molecule has 0 bridgehead atoms. The first kappa shape index (κ1) is 60.8. The standard InChI is InChI=1S/C57H105NO5/c1-3-5-7-9-11-13-15-17-18-19-23-27-31-35-39-43-47-51-57(62)63-52-48-44-40-36-32-28-24-21-20-22-26-30-34-38-42-46-50-56(61)58-54(53-59)55(60)49-45-41-37-33-29-25-16-14-12-10-8-6-4-2/h11,13,17-18,20,22,45,49,54-55,59-60H,3-10,12,14-16,19,21,23-44,46-48,50-53H2,1-2H3,(H,58,61)/b13-11-,18-17-,22-20-,49-45+. The molecule has 0 aliphatic carbocycles. The van der Waals surface area contributed by atoms with Gasteiger partial charge in [-0.2, -0.15) is 0 Å². The van der Waals surface area contributed by atoms with E-state index in [1.54, 1.807) is 6.08 Å². The van der Waals surface area contributed by atoms with Crippen LogP contribution in [-0.2, 0) is 14.3 Å². The average molecular weight is 884 g/mol. The van der Waals surface area contributed by atoms with Crippen molar-refractivity contribution in [2.24, 2.45) is 0 Å². The number of hydrogen-bond acceptors (Lipinski definition) is 5. The number of carbonyl (C=O) groups is 2. The zero-order valence-electron chi connectivity index (χ0n) is 41.8. The van der Waals surface area contributed by atoms with Gasteiger partial charge in [-0.3, -0.25) is 9.59 Å². The third-order valence-corrected chi connectivity index (χ3v) is 12.3. The molecule has 0 rings (SSSR count). The van der Waals surface area contributed by atoms with Crippen LogP contribution in [0, 0.1) is 0 Å². The Morgan fingerprint density at radius 2 is 0.794 bits per heavy atom. The number of aliphatic hydroxyl groups is 2. The maximum absolute atomic E-state index is 12.4. The normalized spacial score (nSPS) is 13.0. The molecule has 63 heavy (non-hydrogen) atoms. The Morgan fingerprint density at radius 1 is 0.444 bits per heavy atom. The first-order chi connectivity index (χ1) is 31.0. The number of amides is 1. The molecule has 0 heterocycles. The van der Waals surface area contributed by atoms with Gasteiger partial charge in [-0.1, -0.05) is 223 Å². The van der Waals surface area contributed by atoms with Crippen LogP contribution in [-0.4, -0.2) is 47.4 Å². The molecule has 6 heteroatoms. The lowest BCUT2D eigenvalue weighted by Gasteiger charge is -2.20. The maximum Gasteiger partial charge on any atom is 0.305 e. The molecule has 0 aromatic rings. The summed E-state index contributed by atoms with van der Waals surface area (Å²) in [5.41, 5.74) is 0. The van der Waals surface area contributed by atoms with Gasteiger partial charge >= 0.3 is 5.97 Å². The summed E-state index contributed by atoms with van der Waals surface area (Å²) in [6, 6.07) is -0.640. The average Bonchev–Trinajstić information content (AvgIpc) is 3.28. The van der Waals surface area contributed by atoms with Crippen molar-refractivity contribution >= 4 is 11.9 Å². The third kappa shape index (κ3) is 49.1. The minimum Gasteiger partial charge on any atom is -0.466 e. The number of aliphatic hydroxyl groups excluding tert-OH is 2. The van der Waals surface area contributed by atoms with Gasteiger partial charge in [0.15, 0.2) is 0 Å². The lowest BCUT2D eigenvalue weighted by molar-refractivity contribution is -0.143. The Balaban J connectivity index is 3.49. The van der Waals surface area contributed by atoms with E-state index < -0.39 is 12.1 Å². The van der Waals surface area contributed by atoms with Crippen LogP contribution in [0.15, 0.2) is 48.6 Å². The third-order valence-electron chi connectivity index (χ3n) is 12.3. The molecule has 0 fully saturated rings. The van der Waals surface area contributed by atoms with Crippen molar-refractivity contribution < 1.29 is 24.5 Å². The van der Waals surface area contributed by atoms with E-state index in [-0.39, 0.29) is 18.5 Å². The summed E-state index contributed by atoms with van der Waals surface area (Å²) in [4.78, 5) is 24.5. The second-order valence-corrected chi connectivity index (χ2v) is 18.5. The minimum absolute atomic E-state index is 0.0124. The van der Waals surface area contributed by atoms with E-state index in [1.165, 1.54) is 180 Å². The van der Waals surface area contributed by atoms with Crippen LogP contribution in [0.1, 0.15) is 277 Å². The van der Waals surface area contributed by atoms with E-state index in [2.05, 4.69) is 55.6 Å². The summed E-state index contributed by atoms with van der Waals surface area (Å²) in [5, 5.41) is 23.0. The molecule has 0 aromatic carbocycles. The molecule has 0 aliphatic rings. The summed E-state index contributed by atoms with van der Waals surface area (Å²) >= 11 is 0. The van der Waals surface area contributed by atoms with Crippen LogP contribution >= 0.6 is 0 Å². The molecule has 2 unspecified atom stereocenters. The van der Waals surface area contributed by atoms with E-state index in [9.17, 15) is 19.8 Å². The first-order valence-corrected chi connectivity index (χ1v) is 27.4. The quantitative estimate of drug-likeness (QED) is 0.0321. The smallest absolute Gasteiger partial charge is 0.305 e. The van der Waals surface area contributed by atoms with Crippen molar-refractivity contribution in [3.8, 4) is 0 Å². The van der Waals surface area contributed by atoms with Gasteiger partial charge in [-0.25, -0.2) is 0 Å². The molecule has 368 valence electrons. The van der Waals surface area contributed by atoms with Crippen molar-refractivity contribution in [3.63, 3.8) is 0 Å². The van der Waals surface area contributed by atoms with E-state index >= 15 is 0 Å². The largest absolute Gasteiger partial charge is 0.466 e. The molecular weight excluding hydrogens is 779 g/mol. The molecule has 0 saturated heterocycles. The molecule has 1 amide bonds. The Hall–Kier alpha value is -2.18. The number of nitrogens with one attached hydrogen (secondary N) is 1. The topological polar surface area (TPSA) is 95.9 Å². The van der Waals surface area contributed by atoms with Gasteiger partial charge in [0.1, 0.15) is 0 Å². The molecular formula is C57H105NO5. The van der Waals surface area contributed by atoms with Crippen LogP contribution in [0.3, 0.4) is 0 Å². The number of allylic oxidation sites excluding steroid dienone is 7. The van der Waals surface area contributed by atoms with Gasteiger partial charge in [0, 0.05) is 12.8 Å². The highest BCUT2D eigenvalue weighted by molar-refractivity contribution is 5.76. The fraction of sp³-hybridized carbons (Fsp3) is 0.825. The van der Waals surface area contributed by atoms with E-state index in [1.807, 2.05) is 6.08 Å². The van der Waals surface area contributed by atoms with Crippen LogP contribution in [0.4, 0.5) is 0 Å². The number of rotatable bonds is 50. The Bertz CT molecular complexity index is 1070. The van der Waals surface area contributed by atoms with Gasteiger partial charge in [-0.15, -0.1) is 0 Å². The molecule has 0 radical (unpaired) electrons. The summed E-state index contributed by atoms with van der Waals surface area (Å²) < 4.78 is 5.47. The number of esters is 1. The van der Waals surface area contributed by atoms with Crippen molar-refractivity contribution in [1.29, 1.82) is 0 Å². The minimum atomic E-state index is -0.855. The van der Waals surface area contributed by atoms with Gasteiger partial charge in [-0.05, 0) is 89.9 Å². The molecule has 2 atom stereocenters. The zero-order chi connectivity index (χ0) is 45.8. The second kappa shape index (κ2) is 52.4. The zero-order valence-corrected chi connectivity index (χ0v) is 41.8. The van der Waals surface area contributed by atoms with E-state index in [0.29, 0.717) is 19.4 Å². The van der Waals surface area contributed by atoms with Crippen molar-refractivity contribution in [1.82, 2.24) is 5.32 Å². The summed E-state index contributed by atoms with van der Waals surface area (Å²) in [7, 11) is 0. The van der Waals surface area contributed by atoms with E-state index in [0.717, 1.165) is 70.6 Å².